The Morgan fingerprint density at radius 3 is 2.56 bits per heavy atom. The molecule has 16 heavy (non-hydrogen) atoms. The fraction of sp³-hybridized carbons (Fsp3) is 0.917. The lowest BCUT2D eigenvalue weighted by atomic mass is 9.78. The molecule has 0 spiro atoms. The third kappa shape index (κ3) is 2.32. The fourth-order valence-electron chi connectivity index (χ4n) is 2.69. The Morgan fingerprint density at radius 1 is 1.38 bits per heavy atom. The number of nitrogens with zero attached hydrogens (tertiary/aromatic N) is 1. The van der Waals surface area contributed by atoms with Crippen molar-refractivity contribution >= 4 is 6.09 Å². The molecule has 2 aliphatic heterocycles. The first-order valence-corrected chi connectivity index (χ1v) is 6.04. The molecule has 1 aliphatic carbocycles. The van der Waals surface area contributed by atoms with E-state index in [1.807, 2.05) is 20.8 Å². The molecular formula is C12H21NO3. The third-order valence-electron chi connectivity index (χ3n) is 3.37. The zero-order chi connectivity index (χ0) is 11.9. The van der Waals surface area contributed by atoms with Gasteiger partial charge in [-0.2, -0.15) is 0 Å². The lowest BCUT2D eigenvalue weighted by molar-refractivity contribution is -0.0637. The van der Waals surface area contributed by atoms with Crippen LogP contribution in [0.4, 0.5) is 4.79 Å². The summed E-state index contributed by atoms with van der Waals surface area (Å²) in [6, 6.07) is -0.0279. The van der Waals surface area contributed by atoms with Crippen molar-refractivity contribution in [2.45, 2.75) is 57.8 Å². The van der Waals surface area contributed by atoms with Gasteiger partial charge >= 0.3 is 6.09 Å². The van der Waals surface area contributed by atoms with Crippen LogP contribution in [0.1, 0.15) is 40.0 Å². The van der Waals surface area contributed by atoms with E-state index in [0.29, 0.717) is 5.92 Å². The first-order chi connectivity index (χ1) is 7.37. The van der Waals surface area contributed by atoms with Gasteiger partial charge in [0.05, 0.1) is 12.1 Å². The van der Waals surface area contributed by atoms with Crippen LogP contribution < -0.4 is 0 Å². The van der Waals surface area contributed by atoms with E-state index in [-0.39, 0.29) is 18.2 Å². The second-order valence-electron chi connectivity index (χ2n) is 5.95. The van der Waals surface area contributed by atoms with Crippen molar-refractivity contribution in [1.29, 1.82) is 0 Å². The second-order valence-corrected chi connectivity index (χ2v) is 5.95. The van der Waals surface area contributed by atoms with Crippen LogP contribution in [0.2, 0.25) is 0 Å². The molecule has 3 atom stereocenters. The summed E-state index contributed by atoms with van der Waals surface area (Å²) in [7, 11) is 0. The number of ether oxygens (including phenoxy) is 1. The van der Waals surface area contributed by atoms with Gasteiger partial charge in [0, 0.05) is 6.54 Å². The highest BCUT2D eigenvalue weighted by molar-refractivity contribution is 5.69. The number of fused-ring (bicyclic) bond motifs is 3. The van der Waals surface area contributed by atoms with Crippen LogP contribution in [-0.4, -0.2) is 40.4 Å². The quantitative estimate of drug-likeness (QED) is 0.686. The van der Waals surface area contributed by atoms with Crippen LogP contribution in [0.15, 0.2) is 0 Å². The van der Waals surface area contributed by atoms with Crippen molar-refractivity contribution in [3.05, 3.63) is 0 Å². The van der Waals surface area contributed by atoms with E-state index in [9.17, 15) is 9.90 Å². The van der Waals surface area contributed by atoms with Crippen LogP contribution in [0.5, 0.6) is 0 Å². The van der Waals surface area contributed by atoms with E-state index in [4.69, 9.17) is 4.74 Å². The van der Waals surface area contributed by atoms with Crippen LogP contribution >= 0.6 is 0 Å². The summed E-state index contributed by atoms with van der Waals surface area (Å²) in [6.45, 7) is 6.34. The summed E-state index contributed by atoms with van der Waals surface area (Å²) in [6.07, 6.45) is 2.23. The molecule has 1 saturated carbocycles. The van der Waals surface area contributed by atoms with E-state index in [0.717, 1.165) is 25.8 Å². The number of piperidine rings is 2. The second kappa shape index (κ2) is 3.91. The van der Waals surface area contributed by atoms with E-state index in [2.05, 4.69) is 0 Å². The average Bonchev–Trinajstić information content (AvgIpc) is 2.15. The lowest BCUT2D eigenvalue weighted by Gasteiger charge is -2.47. The molecule has 3 fully saturated rings. The van der Waals surface area contributed by atoms with Gasteiger partial charge in [-0.1, -0.05) is 0 Å². The SMILES string of the molecule is CC(C)(C)OC(=O)N1C[C@H]2CC[C@@H]1[C@H](O)C2. The molecule has 4 heteroatoms. The molecular weight excluding hydrogens is 206 g/mol. The predicted molar refractivity (Wildman–Crippen MR) is 60.1 cm³/mol. The zero-order valence-electron chi connectivity index (χ0n) is 10.3. The molecule has 0 radical (unpaired) electrons. The fourth-order valence-corrected chi connectivity index (χ4v) is 2.69. The van der Waals surface area contributed by atoms with Gasteiger partial charge in [0.1, 0.15) is 5.60 Å². The first-order valence-electron chi connectivity index (χ1n) is 6.04. The van der Waals surface area contributed by atoms with E-state index in [1.165, 1.54) is 0 Å². The lowest BCUT2D eigenvalue weighted by Crippen LogP contribution is -2.58. The minimum absolute atomic E-state index is 0.0279. The summed E-state index contributed by atoms with van der Waals surface area (Å²) in [5.74, 6) is 0.451. The molecule has 2 saturated heterocycles. The predicted octanol–water partition coefficient (Wildman–Crippen LogP) is 1.77. The maximum Gasteiger partial charge on any atom is 0.410 e. The van der Waals surface area contributed by atoms with Crippen molar-refractivity contribution in [2.24, 2.45) is 5.92 Å². The summed E-state index contributed by atoms with van der Waals surface area (Å²) >= 11 is 0. The van der Waals surface area contributed by atoms with E-state index >= 15 is 0 Å². The molecule has 1 amide bonds. The maximum absolute atomic E-state index is 11.9. The number of hydrogen-bond acceptors (Lipinski definition) is 3. The van der Waals surface area contributed by atoms with Gasteiger partial charge in [-0.05, 0) is 46.0 Å². The standard InChI is InChI=1S/C12H21NO3/c1-12(2,3)16-11(15)13-7-8-4-5-9(13)10(14)6-8/h8-10,14H,4-7H2,1-3H3/t8-,9+,10+/m0/s1. The highest BCUT2D eigenvalue weighted by atomic mass is 16.6. The van der Waals surface area contributed by atoms with Crippen molar-refractivity contribution in [3.63, 3.8) is 0 Å². The Labute approximate surface area is 96.6 Å². The van der Waals surface area contributed by atoms with Crippen molar-refractivity contribution in [1.82, 2.24) is 4.90 Å². The van der Waals surface area contributed by atoms with Crippen LogP contribution in [-0.2, 0) is 4.74 Å². The van der Waals surface area contributed by atoms with E-state index in [1.54, 1.807) is 4.90 Å². The number of hydrogen-bond donors (Lipinski definition) is 1. The van der Waals surface area contributed by atoms with Crippen molar-refractivity contribution in [3.8, 4) is 0 Å². The van der Waals surface area contributed by atoms with Gasteiger partial charge < -0.3 is 14.7 Å². The number of rotatable bonds is 0. The summed E-state index contributed by atoms with van der Waals surface area (Å²) in [4.78, 5) is 13.7. The molecule has 3 aliphatic rings. The van der Waals surface area contributed by atoms with Gasteiger partial charge in [0.25, 0.3) is 0 Å². The molecule has 3 rings (SSSR count). The number of amides is 1. The molecule has 2 bridgehead atoms. The smallest absolute Gasteiger partial charge is 0.410 e. The van der Waals surface area contributed by atoms with Gasteiger partial charge in [-0.15, -0.1) is 0 Å². The Kier molecular flexibility index (Phi) is 2.86. The summed E-state index contributed by atoms with van der Waals surface area (Å²) in [5.41, 5.74) is -0.460. The van der Waals surface area contributed by atoms with E-state index < -0.39 is 5.60 Å². The average molecular weight is 227 g/mol. The summed E-state index contributed by atoms with van der Waals surface area (Å²) in [5, 5.41) is 9.87. The summed E-state index contributed by atoms with van der Waals surface area (Å²) < 4.78 is 5.35. The highest BCUT2D eigenvalue weighted by Crippen LogP contribution is 2.35. The van der Waals surface area contributed by atoms with Crippen LogP contribution in [0, 0.1) is 5.92 Å². The largest absolute Gasteiger partial charge is 0.444 e. The molecule has 2 heterocycles. The molecule has 0 aromatic carbocycles. The highest BCUT2D eigenvalue weighted by Gasteiger charge is 2.43. The Hall–Kier alpha value is -0.770. The van der Waals surface area contributed by atoms with Gasteiger partial charge in [-0.3, -0.25) is 0 Å². The normalized spacial score (nSPS) is 34.0. The molecule has 92 valence electrons. The number of carbonyl (C=O) groups is 1. The molecule has 0 unspecified atom stereocenters. The Bertz CT molecular complexity index is 284. The molecule has 1 N–H and O–H groups in total. The van der Waals surface area contributed by atoms with Gasteiger partial charge in [0.15, 0.2) is 0 Å². The molecule has 4 nitrogen and oxygen atoms in total. The molecule has 0 aromatic heterocycles. The van der Waals surface area contributed by atoms with Gasteiger partial charge in [-0.25, -0.2) is 4.79 Å². The minimum atomic E-state index is -0.460. The number of carbonyl (C=O) groups excluding carboxylic acids is 1. The Morgan fingerprint density at radius 2 is 2.06 bits per heavy atom. The van der Waals surface area contributed by atoms with Gasteiger partial charge in [0.2, 0.25) is 0 Å². The van der Waals surface area contributed by atoms with Crippen molar-refractivity contribution in [2.75, 3.05) is 6.54 Å². The molecule has 0 aromatic rings. The number of aliphatic hydroxyl groups is 1. The minimum Gasteiger partial charge on any atom is -0.444 e. The third-order valence-corrected chi connectivity index (χ3v) is 3.37. The first kappa shape index (κ1) is 11.7. The number of aliphatic hydroxyl groups excluding tert-OH is 1. The van der Waals surface area contributed by atoms with Crippen molar-refractivity contribution < 1.29 is 14.6 Å². The monoisotopic (exact) mass is 227 g/mol. The zero-order valence-corrected chi connectivity index (χ0v) is 10.3. The van der Waals surface area contributed by atoms with Crippen LogP contribution in [0.3, 0.4) is 0 Å². The Balaban J connectivity index is 2.02. The maximum atomic E-state index is 11.9. The topological polar surface area (TPSA) is 49.8 Å². The van der Waals surface area contributed by atoms with Crippen LogP contribution in [0.25, 0.3) is 0 Å².